The number of hydrogen-bond acceptors (Lipinski definition) is 8. The largest absolute Gasteiger partial charge is 0.368 e. The first kappa shape index (κ1) is 31.3. The van der Waals surface area contributed by atoms with E-state index in [9.17, 15) is 34.2 Å². The highest BCUT2D eigenvalue weighted by Crippen LogP contribution is 2.25. The van der Waals surface area contributed by atoms with Gasteiger partial charge in [-0.2, -0.15) is 0 Å². The number of Topliss-reactive ketones (excluding diaryl/α,β-unsaturated/α-hetero) is 1. The van der Waals surface area contributed by atoms with Gasteiger partial charge in [-0.3, -0.25) is 24.6 Å². The fourth-order valence-corrected chi connectivity index (χ4v) is 5.98. The van der Waals surface area contributed by atoms with Crippen molar-refractivity contribution in [2.75, 3.05) is 18.8 Å². The SMILES string of the molecule is O=C(NN1CCC(=O)N2CCC[C@@H](C(=O)N[C@@H](CC(O)O)C(=O)CSCc3ccccc3Cl)N2C1=O)c1ccccc1. The van der Waals surface area contributed by atoms with E-state index in [4.69, 9.17) is 11.6 Å². The molecule has 0 bridgehead atoms. The minimum Gasteiger partial charge on any atom is -0.368 e. The first-order valence-electron chi connectivity index (χ1n) is 13.4. The maximum Gasteiger partial charge on any atom is 0.358 e. The summed E-state index contributed by atoms with van der Waals surface area (Å²) < 4.78 is 0. The van der Waals surface area contributed by atoms with E-state index in [1.165, 1.54) is 16.8 Å². The Morgan fingerprint density at radius 2 is 1.74 bits per heavy atom. The second kappa shape index (κ2) is 14.5. The highest BCUT2D eigenvalue weighted by Gasteiger charge is 2.44. The first-order chi connectivity index (χ1) is 20.2. The molecule has 2 saturated heterocycles. The van der Waals surface area contributed by atoms with Crippen LogP contribution in [0.15, 0.2) is 54.6 Å². The molecule has 2 aromatic rings. The number of carbonyl (C=O) groups is 5. The van der Waals surface area contributed by atoms with Gasteiger partial charge >= 0.3 is 6.03 Å². The lowest BCUT2D eigenvalue weighted by Gasteiger charge is -2.43. The van der Waals surface area contributed by atoms with Gasteiger partial charge in [0.1, 0.15) is 6.04 Å². The van der Waals surface area contributed by atoms with E-state index in [1.54, 1.807) is 42.5 Å². The van der Waals surface area contributed by atoms with Crippen molar-refractivity contribution >= 4 is 52.9 Å². The number of aliphatic hydroxyl groups excluding tert-OH is 1. The molecule has 2 aliphatic rings. The maximum absolute atomic E-state index is 13.6. The number of nitrogens with zero attached hydrogens (tertiary/aromatic N) is 3. The van der Waals surface area contributed by atoms with Crippen molar-refractivity contribution < 1.29 is 34.2 Å². The lowest BCUT2D eigenvalue weighted by molar-refractivity contribution is -0.155. The number of benzene rings is 2. The highest BCUT2D eigenvalue weighted by atomic mass is 35.5. The number of hydrazine groups is 2. The number of nitrogens with one attached hydrogen (secondary N) is 2. The number of carbonyl (C=O) groups excluding carboxylic acids is 5. The van der Waals surface area contributed by atoms with E-state index in [0.717, 1.165) is 15.6 Å². The summed E-state index contributed by atoms with van der Waals surface area (Å²) in [4.78, 5) is 65.8. The summed E-state index contributed by atoms with van der Waals surface area (Å²) in [7, 11) is 0. The lowest BCUT2D eigenvalue weighted by Crippen LogP contribution is -2.65. The molecule has 0 aromatic heterocycles. The number of amides is 5. The minimum absolute atomic E-state index is 0.0416. The number of rotatable bonds is 11. The molecule has 4 rings (SSSR count). The second-order valence-electron chi connectivity index (χ2n) is 9.84. The van der Waals surface area contributed by atoms with Crippen LogP contribution in [0.25, 0.3) is 0 Å². The molecule has 2 fully saturated rings. The molecule has 224 valence electrons. The summed E-state index contributed by atoms with van der Waals surface area (Å²) in [6.45, 7) is 0.100. The van der Waals surface area contributed by atoms with Crippen molar-refractivity contribution in [3.63, 3.8) is 0 Å². The normalized spacial score (nSPS) is 17.9. The average molecular weight is 618 g/mol. The molecule has 2 atom stereocenters. The third-order valence-corrected chi connectivity index (χ3v) is 8.23. The summed E-state index contributed by atoms with van der Waals surface area (Å²) in [5.74, 6) is -1.74. The van der Waals surface area contributed by atoms with Crippen LogP contribution in [0.4, 0.5) is 4.79 Å². The lowest BCUT2D eigenvalue weighted by atomic mass is 10.0. The molecule has 2 aromatic carbocycles. The molecular formula is C28H32ClN5O7S. The molecule has 0 aliphatic carbocycles. The van der Waals surface area contributed by atoms with Gasteiger partial charge in [-0.05, 0) is 36.6 Å². The number of ketones is 1. The zero-order valence-corrected chi connectivity index (χ0v) is 24.2. The van der Waals surface area contributed by atoms with Gasteiger partial charge in [-0.15, -0.1) is 11.8 Å². The molecule has 0 radical (unpaired) electrons. The van der Waals surface area contributed by atoms with E-state index >= 15 is 0 Å². The van der Waals surface area contributed by atoms with Gasteiger partial charge in [0.05, 0.1) is 18.3 Å². The number of halogens is 1. The Kier molecular flexibility index (Phi) is 10.8. The Balaban J connectivity index is 1.46. The molecule has 0 spiro atoms. The topological polar surface area (TPSA) is 160 Å². The third kappa shape index (κ3) is 7.79. The van der Waals surface area contributed by atoms with Crippen LogP contribution in [-0.2, 0) is 20.1 Å². The van der Waals surface area contributed by atoms with Crippen molar-refractivity contribution in [3.05, 3.63) is 70.7 Å². The molecule has 2 aliphatic heterocycles. The van der Waals surface area contributed by atoms with Crippen molar-refractivity contribution in [1.82, 2.24) is 25.8 Å². The number of fused-ring (bicyclic) bond motifs is 1. The van der Waals surface area contributed by atoms with E-state index in [-0.39, 0.29) is 31.7 Å². The third-order valence-electron chi connectivity index (χ3n) is 6.85. The number of thioether (sulfide) groups is 1. The van der Waals surface area contributed by atoms with Crippen molar-refractivity contribution in [2.24, 2.45) is 0 Å². The van der Waals surface area contributed by atoms with Gasteiger partial charge in [0, 0.05) is 35.7 Å². The Labute approximate surface area is 251 Å². The van der Waals surface area contributed by atoms with Gasteiger partial charge in [0.2, 0.25) is 11.8 Å². The Hall–Kier alpha value is -3.65. The second-order valence-corrected chi connectivity index (χ2v) is 11.2. The van der Waals surface area contributed by atoms with Crippen LogP contribution in [0, 0.1) is 0 Å². The molecular weight excluding hydrogens is 586 g/mol. The van der Waals surface area contributed by atoms with Crippen molar-refractivity contribution in [1.29, 1.82) is 0 Å². The van der Waals surface area contributed by atoms with Gasteiger partial charge in [0.15, 0.2) is 12.1 Å². The van der Waals surface area contributed by atoms with Crippen LogP contribution in [-0.4, -0.2) is 92.0 Å². The number of hydrogen-bond donors (Lipinski definition) is 4. The maximum atomic E-state index is 13.6. The summed E-state index contributed by atoms with van der Waals surface area (Å²) >= 11 is 7.44. The average Bonchev–Trinajstić information content (AvgIpc) is 3.10. The summed E-state index contributed by atoms with van der Waals surface area (Å²) in [5.41, 5.74) is 3.66. The Morgan fingerprint density at radius 3 is 2.45 bits per heavy atom. The van der Waals surface area contributed by atoms with Crippen LogP contribution < -0.4 is 10.7 Å². The fourth-order valence-electron chi connectivity index (χ4n) is 4.72. The standard InChI is InChI=1S/C28H32ClN5O7S/c29-20-10-5-4-9-19(20)16-42-17-23(35)21(15-25(37)38)30-27(40)22-11-6-13-33-24(36)12-14-32(28(41)34(22)33)31-26(39)18-7-2-1-3-8-18/h1-5,7-10,21-22,25,37-38H,6,11-17H2,(H,30,40)(H,31,39)/t21-,22-/m0/s1. The highest BCUT2D eigenvalue weighted by molar-refractivity contribution is 7.99. The fraction of sp³-hybridized carbons (Fsp3) is 0.393. The molecule has 4 N–H and O–H groups in total. The molecule has 5 amide bonds. The molecule has 0 unspecified atom stereocenters. The van der Waals surface area contributed by atoms with E-state index in [1.807, 2.05) is 12.1 Å². The minimum atomic E-state index is -1.87. The Morgan fingerprint density at radius 1 is 1.02 bits per heavy atom. The van der Waals surface area contributed by atoms with Gasteiger partial charge in [-0.25, -0.2) is 19.8 Å². The van der Waals surface area contributed by atoms with E-state index < -0.39 is 54.3 Å². The smallest absolute Gasteiger partial charge is 0.358 e. The number of aliphatic hydroxyl groups is 2. The van der Waals surface area contributed by atoms with Gasteiger partial charge in [-0.1, -0.05) is 48.0 Å². The van der Waals surface area contributed by atoms with E-state index in [2.05, 4.69) is 10.7 Å². The first-order valence-corrected chi connectivity index (χ1v) is 15.0. The molecule has 0 saturated carbocycles. The van der Waals surface area contributed by atoms with Crippen LogP contribution in [0.2, 0.25) is 5.02 Å². The predicted octanol–water partition coefficient (Wildman–Crippen LogP) is 1.71. The number of urea groups is 1. The van der Waals surface area contributed by atoms with Crippen LogP contribution in [0.5, 0.6) is 0 Å². The molecule has 2 heterocycles. The molecule has 14 heteroatoms. The zero-order valence-electron chi connectivity index (χ0n) is 22.6. The van der Waals surface area contributed by atoms with Crippen molar-refractivity contribution in [3.8, 4) is 0 Å². The summed E-state index contributed by atoms with van der Waals surface area (Å²) in [6.07, 6.45) is -1.81. The van der Waals surface area contributed by atoms with Gasteiger partial charge < -0.3 is 15.5 Å². The van der Waals surface area contributed by atoms with Crippen LogP contribution >= 0.6 is 23.4 Å². The van der Waals surface area contributed by atoms with Crippen LogP contribution in [0.3, 0.4) is 0 Å². The van der Waals surface area contributed by atoms with Crippen LogP contribution in [0.1, 0.15) is 41.6 Å². The Bertz CT molecular complexity index is 1310. The molecule has 42 heavy (non-hydrogen) atoms. The van der Waals surface area contributed by atoms with Gasteiger partial charge in [0.25, 0.3) is 5.91 Å². The summed E-state index contributed by atoms with van der Waals surface area (Å²) in [5, 5.41) is 25.6. The monoisotopic (exact) mass is 617 g/mol. The summed E-state index contributed by atoms with van der Waals surface area (Å²) in [6, 6.07) is 12.2. The quantitative estimate of drug-likeness (QED) is 0.277. The molecule has 12 nitrogen and oxygen atoms in total. The predicted molar refractivity (Wildman–Crippen MR) is 155 cm³/mol. The zero-order chi connectivity index (χ0) is 30.2. The van der Waals surface area contributed by atoms with Crippen molar-refractivity contribution in [2.45, 2.75) is 49.8 Å². The van der Waals surface area contributed by atoms with E-state index in [0.29, 0.717) is 22.8 Å².